The summed E-state index contributed by atoms with van der Waals surface area (Å²) in [7, 11) is 1.39. The molecule has 4 rings (SSSR count). The maximum absolute atomic E-state index is 14.9. The molecule has 1 aromatic rings. The number of hydrogen-bond donors (Lipinski definition) is 7. The van der Waals surface area contributed by atoms with E-state index in [1.807, 2.05) is 27.7 Å². The number of aliphatic hydroxyl groups is 2. The van der Waals surface area contributed by atoms with Gasteiger partial charge in [-0.25, -0.2) is 4.79 Å². The molecule has 77 heavy (non-hydrogen) atoms. The first kappa shape index (κ1) is 63.4. The van der Waals surface area contributed by atoms with Crippen molar-refractivity contribution in [2.24, 2.45) is 29.6 Å². The summed E-state index contributed by atoms with van der Waals surface area (Å²) in [5.74, 6) is -11.2. The van der Waals surface area contributed by atoms with Crippen LogP contribution in [0, 0.1) is 29.6 Å². The third-order valence-electron chi connectivity index (χ3n) is 14.8. The Balaban J connectivity index is 1.85. The first-order valence-electron chi connectivity index (χ1n) is 27.2. The Kier molecular flexibility index (Phi) is 23.4. The minimum Gasteiger partial charge on any atom is -0.508 e. The van der Waals surface area contributed by atoms with Gasteiger partial charge in [0.2, 0.25) is 35.4 Å². The van der Waals surface area contributed by atoms with Crippen LogP contribution >= 0.6 is 0 Å². The van der Waals surface area contributed by atoms with Crippen molar-refractivity contribution in [1.29, 1.82) is 0 Å². The summed E-state index contributed by atoms with van der Waals surface area (Å²) in [6, 6.07) is -3.30. The Hall–Kier alpha value is -6.16. The minimum atomic E-state index is -1.78. The first-order valence-corrected chi connectivity index (χ1v) is 27.2. The number of likely N-dealkylation sites (N-methyl/N-ethyl adjacent to an activating group) is 1. The third kappa shape index (κ3) is 16.9. The van der Waals surface area contributed by atoms with Gasteiger partial charge in [-0.3, -0.25) is 43.2 Å². The number of esters is 2. The zero-order chi connectivity index (χ0) is 57.7. The van der Waals surface area contributed by atoms with E-state index >= 15 is 0 Å². The molecule has 430 valence electrons. The van der Waals surface area contributed by atoms with E-state index in [0.717, 1.165) is 0 Å². The summed E-state index contributed by atoms with van der Waals surface area (Å²) in [4.78, 5) is 146. The van der Waals surface area contributed by atoms with Crippen LogP contribution in [0.2, 0.25) is 0 Å². The van der Waals surface area contributed by atoms with Gasteiger partial charge in [0, 0.05) is 26.6 Å². The van der Waals surface area contributed by atoms with Crippen LogP contribution in [-0.2, 0) is 63.8 Å². The van der Waals surface area contributed by atoms with E-state index in [-0.39, 0.29) is 62.8 Å². The lowest BCUT2D eigenvalue weighted by Gasteiger charge is -2.36. The van der Waals surface area contributed by atoms with Gasteiger partial charge in [-0.2, -0.15) is 0 Å². The molecular weight excluding hydrogens is 999 g/mol. The van der Waals surface area contributed by atoms with E-state index in [9.17, 15) is 63.3 Å². The Morgan fingerprint density at radius 1 is 0.818 bits per heavy atom. The number of likely N-dealkylation sites (tertiary alicyclic amines) is 1. The SMILES string of the molecule is CC[C@H](C)[C@H]1NC(=O)[C@@H](NC(=O)[C@@H](CC(C)C)N(C)C(=O)[C@@H]2CCCN2C(=O)[C@H](C)O)[C@@H](C)OC(=O)[C@H](Cc2ccc(O)cc2)NC(=O)[C@@H]2CCCN2C(=O)[C@H](CC(C)C)NC(=O)[C@H](C)C(=O)[C@H](C(C)C)OC(=O)C[C@@H]1O. The number of rotatable bonds is 14. The number of hydrogen-bond acceptors (Lipinski definition) is 15. The molecule has 0 bridgehead atoms. The van der Waals surface area contributed by atoms with E-state index in [2.05, 4.69) is 21.3 Å². The van der Waals surface area contributed by atoms with Gasteiger partial charge in [0.1, 0.15) is 54.2 Å². The Bertz CT molecular complexity index is 2270. The number of phenols is 1. The first-order chi connectivity index (χ1) is 36.1. The lowest BCUT2D eigenvalue weighted by Crippen LogP contribution is -2.62. The molecule has 0 spiro atoms. The standard InChI is InChI=1S/C55H85N7O15/c1-13-31(8)44-42(65)27-43(66)77-47(30(6)7)46(67)32(9)48(68)56-37(24-28(2)3)53(73)61-22-14-16-39(61)49(69)57-38(26-35-18-20-36(64)21-19-35)55(75)76-34(11)45(51(71)58-44)59-50(70)41(25-29(4)5)60(12)54(74)40-17-15-23-62(40)52(72)33(10)63/h18-21,28-34,37-42,44-45,47,63-65H,13-17,22-27H2,1-12H3,(H,56,68)(H,57,69)(H,58,71)(H,59,70)/t31-,32+,33-,34+,37-,38-,39-,40-,41+,42-,44+,45-,47-/m0/s1. The molecule has 0 unspecified atom stereocenters. The molecule has 0 saturated carbocycles. The number of benzene rings is 1. The van der Waals surface area contributed by atoms with Gasteiger partial charge >= 0.3 is 11.9 Å². The third-order valence-corrected chi connectivity index (χ3v) is 14.8. The second kappa shape index (κ2) is 28.5. The average Bonchev–Trinajstić information content (AvgIpc) is 4.07. The summed E-state index contributed by atoms with van der Waals surface area (Å²) in [6.45, 7) is 18.2. The number of aromatic hydroxyl groups is 1. The monoisotopic (exact) mass is 1080 g/mol. The van der Waals surface area contributed by atoms with Gasteiger partial charge < -0.3 is 60.8 Å². The normalized spacial score (nSPS) is 28.0. The second-order valence-corrected chi connectivity index (χ2v) is 22.4. The van der Waals surface area contributed by atoms with E-state index < -0.39 is 150 Å². The molecule has 0 aromatic heterocycles. The highest BCUT2D eigenvalue weighted by atomic mass is 16.6. The van der Waals surface area contributed by atoms with E-state index in [4.69, 9.17) is 9.47 Å². The van der Waals surface area contributed by atoms with Crippen LogP contribution < -0.4 is 21.3 Å². The molecule has 0 aliphatic carbocycles. The van der Waals surface area contributed by atoms with Crippen LogP contribution in [0.25, 0.3) is 0 Å². The number of ketones is 1. The van der Waals surface area contributed by atoms with Gasteiger partial charge in [0.05, 0.1) is 24.5 Å². The Morgan fingerprint density at radius 3 is 2.03 bits per heavy atom. The Labute approximate surface area is 452 Å². The maximum Gasteiger partial charge on any atom is 0.329 e. The molecule has 1 aromatic carbocycles. The smallest absolute Gasteiger partial charge is 0.329 e. The number of ether oxygens (including phenoxy) is 2. The molecule has 3 fully saturated rings. The summed E-state index contributed by atoms with van der Waals surface area (Å²) in [5, 5.41) is 42.9. The van der Waals surface area contributed by atoms with E-state index in [1.54, 1.807) is 27.7 Å². The summed E-state index contributed by atoms with van der Waals surface area (Å²) in [6.07, 6.45) is -5.22. The van der Waals surface area contributed by atoms with Crippen LogP contribution in [0.1, 0.15) is 133 Å². The van der Waals surface area contributed by atoms with Crippen LogP contribution in [0.15, 0.2) is 24.3 Å². The van der Waals surface area contributed by atoms with Crippen LogP contribution in [-0.4, -0.2) is 176 Å². The van der Waals surface area contributed by atoms with Crippen molar-refractivity contribution in [1.82, 2.24) is 36.0 Å². The molecule has 3 aliphatic heterocycles. The lowest BCUT2D eigenvalue weighted by atomic mass is 9.91. The molecule has 13 atom stereocenters. The molecular formula is C55H85N7O15. The van der Waals surface area contributed by atoms with Crippen molar-refractivity contribution in [3.05, 3.63) is 29.8 Å². The number of carbonyl (C=O) groups excluding carboxylic acids is 10. The number of phenolic OH excluding ortho intramolecular Hbond substituents is 1. The molecule has 22 nitrogen and oxygen atoms in total. The molecule has 3 heterocycles. The van der Waals surface area contributed by atoms with Gasteiger partial charge in [-0.05, 0) is 101 Å². The molecule has 7 N–H and O–H groups in total. The molecule has 7 amide bonds. The molecule has 22 heteroatoms. The molecule has 0 radical (unpaired) electrons. The zero-order valence-electron chi connectivity index (χ0n) is 46.9. The number of cyclic esters (lactones) is 2. The number of carbonyl (C=O) groups is 10. The Morgan fingerprint density at radius 2 is 1.44 bits per heavy atom. The highest BCUT2D eigenvalue weighted by Crippen LogP contribution is 2.26. The van der Waals surface area contributed by atoms with Crippen molar-refractivity contribution in [3.8, 4) is 5.75 Å². The van der Waals surface area contributed by atoms with Crippen LogP contribution in [0.5, 0.6) is 5.75 Å². The van der Waals surface area contributed by atoms with Gasteiger partial charge in [-0.1, -0.05) is 73.9 Å². The summed E-state index contributed by atoms with van der Waals surface area (Å²) < 4.78 is 11.7. The number of nitrogens with zero attached hydrogens (tertiary/aromatic N) is 3. The van der Waals surface area contributed by atoms with E-state index in [0.29, 0.717) is 24.8 Å². The highest BCUT2D eigenvalue weighted by Gasteiger charge is 2.45. The van der Waals surface area contributed by atoms with Gasteiger partial charge in [0.15, 0.2) is 11.9 Å². The summed E-state index contributed by atoms with van der Waals surface area (Å²) in [5.41, 5.74) is 0.462. The lowest BCUT2D eigenvalue weighted by molar-refractivity contribution is -0.162. The van der Waals surface area contributed by atoms with Crippen LogP contribution in [0.3, 0.4) is 0 Å². The fourth-order valence-corrected chi connectivity index (χ4v) is 10.1. The highest BCUT2D eigenvalue weighted by molar-refractivity contribution is 6.05. The predicted octanol–water partition coefficient (Wildman–Crippen LogP) is 1.67. The average molecular weight is 1080 g/mol. The fourth-order valence-electron chi connectivity index (χ4n) is 10.1. The second-order valence-electron chi connectivity index (χ2n) is 22.4. The van der Waals surface area contributed by atoms with Crippen molar-refractivity contribution < 1.29 is 72.7 Å². The number of aliphatic hydroxyl groups excluding tert-OH is 2. The predicted molar refractivity (Wildman–Crippen MR) is 281 cm³/mol. The fraction of sp³-hybridized carbons (Fsp3) is 0.709. The topological polar surface area (TPSA) is 308 Å². The van der Waals surface area contributed by atoms with Gasteiger partial charge in [0.25, 0.3) is 5.91 Å². The van der Waals surface area contributed by atoms with Crippen molar-refractivity contribution in [2.45, 2.75) is 201 Å². The van der Waals surface area contributed by atoms with Crippen molar-refractivity contribution in [3.63, 3.8) is 0 Å². The molecule has 3 aliphatic rings. The molecule has 3 saturated heterocycles. The quantitative estimate of drug-likeness (QED) is 0.103. The number of Topliss-reactive ketones (excluding diaryl/α,β-unsaturated/α-hetero) is 1. The number of nitrogens with one attached hydrogen (secondary N) is 4. The zero-order valence-corrected chi connectivity index (χ0v) is 46.9. The van der Waals surface area contributed by atoms with Crippen LogP contribution in [0.4, 0.5) is 0 Å². The van der Waals surface area contributed by atoms with Crippen molar-refractivity contribution in [2.75, 3.05) is 20.1 Å². The summed E-state index contributed by atoms with van der Waals surface area (Å²) >= 11 is 0. The minimum absolute atomic E-state index is 0.0620. The van der Waals surface area contributed by atoms with Gasteiger partial charge in [-0.15, -0.1) is 0 Å². The van der Waals surface area contributed by atoms with E-state index in [1.165, 1.54) is 66.8 Å². The number of fused-ring (bicyclic) bond motifs is 1. The van der Waals surface area contributed by atoms with Crippen molar-refractivity contribution >= 4 is 59.1 Å². The largest absolute Gasteiger partial charge is 0.508 e. The maximum atomic E-state index is 14.9. The number of amides is 7.